The van der Waals surface area contributed by atoms with Gasteiger partial charge in [-0.25, -0.2) is 4.89 Å². The van der Waals surface area contributed by atoms with Gasteiger partial charge in [0.1, 0.15) is 0 Å². The van der Waals surface area contributed by atoms with E-state index in [-0.39, 0.29) is 5.97 Å². The van der Waals surface area contributed by atoms with Crippen molar-refractivity contribution in [3.8, 4) is 0 Å². The molecule has 0 amide bonds. The fourth-order valence-corrected chi connectivity index (χ4v) is 0.680. The van der Waals surface area contributed by atoms with Crippen LogP contribution in [0.25, 0.3) is 0 Å². The van der Waals surface area contributed by atoms with Crippen molar-refractivity contribution in [1.29, 1.82) is 0 Å². The maximum Gasteiger partial charge on any atom is 0.308 e. The lowest BCUT2D eigenvalue weighted by Crippen LogP contribution is -2.25. The average molecular weight is 204 g/mol. The van der Waals surface area contributed by atoms with Gasteiger partial charge in [0, 0.05) is 13.3 Å². The van der Waals surface area contributed by atoms with Crippen LogP contribution in [-0.2, 0) is 19.3 Å². The van der Waals surface area contributed by atoms with E-state index in [0.717, 1.165) is 6.42 Å². The standard InChI is InChI=1S/C10H20O4/c1-6-7-9(11)12-8(2)13-14-10(3,4)5/h8H,6-7H2,1-5H3. The van der Waals surface area contributed by atoms with Crippen molar-refractivity contribution in [2.75, 3.05) is 0 Å². The fourth-order valence-electron chi connectivity index (χ4n) is 0.680. The first-order valence-corrected chi connectivity index (χ1v) is 4.89. The zero-order valence-corrected chi connectivity index (χ0v) is 9.62. The second-order valence-corrected chi connectivity index (χ2v) is 4.10. The highest BCUT2D eigenvalue weighted by Gasteiger charge is 2.16. The van der Waals surface area contributed by atoms with Crippen LogP contribution in [0.15, 0.2) is 0 Å². The smallest absolute Gasteiger partial charge is 0.308 e. The Labute approximate surface area is 85.5 Å². The third kappa shape index (κ3) is 8.01. The first-order chi connectivity index (χ1) is 6.35. The van der Waals surface area contributed by atoms with Gasteiger partial charge in [-0.1, -0.05) is 6.92 Å². The molecule has 0 rings (SSSR count). The molecule has 0 saturated carbocycles. The molecule has 0 aliphatic carbocycles. The third-order valence-electron chi connectivity index (χ3n) is 1.19. The van der Waals surface area contributed by atoms with E-state index in [9.17, 15) is 4.79 Å². The molecule has 0 aliphatic heterocycles. The molecule has 0 aromatic carbocycles. The van der Waals surface area contributed by atoms with Crippen LogP contribution in [-0.4, -0.2) is 17.9 Å². The number of carbonyl (C=O) groups is 1. The van der Waals surface area contributed by atoms with Crippen LogP contribution in [0.1, 0.15) is 47.5 Å². The highest BCUT2D eigenvalue weighted by atomic mass is 17.2. The fraction of sp³-hybridized carbons (Fsp3) is 0.900. The molecule has 0 heterocycles. The Kier molecular flexibility index (Phi) is 5.72. The van der Waals surface area contributed by atoms with Crippen molar-refractivity contribution in [2.24, 2.45) is 0 Å². The summed E-state index contributed by atoms with van der Waals surface area (Å²) in [6.45, 7) is 9.10. The topological polar surface area (TPSA) is 44.8 Å². The summed E-state index contributed by atoms with van der Waals surface area (Å²) in [7, 11) is 0. The van der Waals surface area contributed by atoms with Crippen molar-refractivity contribution in [1.82, 2.24) is 0 Å². The number of hydrogen-bond acceptors (Lipinski definition) is 4. The van der Waals surface area contributed by atoms with E-state index in [0.29, 0.717) is 6.42 Å². The Bertz CT molecular complexity index is 171. The highest BCUT2D eigenvalue weighted by molar-refractivity contribution is 5.69. The van der Waals surface area contributed by atoms with E-state index in [4.69, 9.17) is 14.5 Å². The van der Waals surface area contributed by atoms with E-state index in [1.807, 2.05) is 27.7 Å². The lowest BCUT2D eigenvalue weighted by atomic mass is 10.2. The minimum atomic E-state index is -0.659. The zero-order chi connectivity index (χ0) is 11.2. The molecular weight excluding hydrogens is 184 g/mol. The number of carbonyl (C=O) groups excluding carboxylic acids is 1. The number of esters is 1. The van der Waals surface area contributed by atoms with Gasteiger partial charge >= 0.3 is 5.97 Å². The van der Waals surface area contributed by atoms with Gasteiger partial charge in [-0.2, -0.15) is 4.89 Å². The monoisotopic (exact) mass is 204 g/mol. The minimum absolute atomic E-state index is 0.266. The van der Waals surface area contributed by atoms with E-state index in [1.54, 1.807) is 6.92 Å². The first-order valence-electron chi connectivity index (χ1n) is 4.89. The van der Waals surface area contributed by atoms with Crippen LogP contribution in [0.4, 0.5) is 0 Å². The predicted molar refractivity (Wildman–Crippen MR) is 52.4 cm³/mol. The summed E-state index contributed by atoms with van der Waals surface area (Å²) >= 11 is 0. The Hall–Kier alpha value is -0.610. The average Bonchev–Trinajstić information content (AvgIpc) is 2.00. The lowest BCUT2D eigenvalue weighted by molar-refractivity contribution is -0.405. The van der Waals surface area contributed by atoms with E-state index < -0.39 is 11.9 Å². The zero-order valence-electron chi connectivity index (χ0n) is 9.62. The van der Waals surface area contributed by atoms with Gasteiger partial charge in [0.05, 0.1) is 5.60 Å². The van der Waals surface area contributed by atoms with E-state index >= 15 is 0 Å². The molecule has 0 radical (unpaired) electrons. The molecule has 0 bridgehead atoms. The summed E-state index contributed by atoms with van der Waals surface area (Å²) < 4.78 is 4.90. The van der Waals surface area contributed by atoms with Gasteiger partial charge in [-0.3, -0.25) is 4.79 Å². The van der Waals surface area contributed by atoms with Crippen LogP contribution in [0.2, 0.25) is 0 Å². The van der Waals surface area contributed by atoms with Crippen LogP contribution in [0.5, 0.6) is 0 Å². The molecule has 0 spiro atoms. The van der Waals surface area contributed by atoms with Gasteiger partial charge < -0.3 is 4.74 Å². The molecule has 1 atom stereocenters. The SMILES string of the molecule is CCCC(=O)OC(C)OOC(C)(C)C. The molecule has 0 saturated heterocycles. The van der Waals surface area contributed by atoms with E-state index in [2.05, 4.69) is 0 Å². The summed E-state index contributed by atoms with van der Waals surface area (Å²) in [6, 6.07) is 0. The van der Waals surface area contributed by atoms with E-state index in [1.165, 1.54) is 0 Å². The largest absolute Gasteiger partial charge is 0.433 e. The maximum absolute atomic E-state index is 11.0. The highest BCUT2D eigenvalue weighted by Crippen LogP contribution is 2.09. The van der Waals surface area contributed by atoms with Gasteiger partial charge in [-0.05, 0) is 27.2 Å². The van der Waals surface area contributed by atoms with Crippen molar-refractivity contribution < 1.29 is 19.3 Å². The number of ether oxygens (including phenoxy) is 1. The van der Waals surface area contributed by atoms with Crippen molar-refractivity contribution in [3.63, 3.8) is 0 Å². The Morgan fingerprint density at radius 1 is 1.36 bits per heavy atom. The van der Waals surface area contributed by atoms with Gasteiger partial charge in [-0.15, -0.1) is 0 Å². The lowest BCUT2D eigenvalue weighted by Gasteiger charge is -2.20. The quantitative estimate of drug-likeness (QED) is 0.298. The van der Waals surface area contributed by atoms with Crippen molar-refractivity contribution >= 4 is 5.97 Å². The van der Waals surface area contributed by atoms with Gasteiger partial charge in [0.25, 0.3) is 0 Å². The summed E-state index contributed by atoms with van der Waals surface area (Å²) in [6.07, 6.45) is 0.516. The second-order valence-electron chi connectivity index (χ2n) is 4.10. The summed E-state index contributed by atoms with van der Waals surface area (Å²) in [5, 5.41) is 0. The first kappa shape index (κ1) is 13.4. The molecule has 0 aliphatic rings. The van der Waals surface area contributed by atoms with Crippen LogP contribution in [0.3, 0.4) is 0 Å². The van der Waals surface area contributed by atoms with Gasteiger partial charge in [0.15, 0.2) is 0 Å². The van der Waals surface area contributed by atoms with Gasteiger partial charge in [0.2, 0.25) is 6.29 Å². The summed E-state index contributed by atoms with van der Waals surface area (Å²) in [5.74, 6) is -0.266. The molecule has 4 nitrogen and oxygen atoms in total. The Balaban J connectivity index is 3.65. The van der Waals surface area contributed by atoms with Crippen LogP contribution >= 0.6 is 0 Å². The Morgan fingerprint density at radius 3 is 2.36 bits per heavy atom. The minimum Gasteiger partial charge on any atom is -0.433 e. The Morgan fingerprint density at radius 2 is 1.93 bits per heavy atom. The van der Waals surface area contributed by atoms with Crippen LogP contribution in [0, 0.1) is 0 Å². The molecule has 4 heteroatoms. The molecule has 1 unspecified atom stereocenters. The third-order valence-corrected chi connectivity index (χ3v) is 1.19. The van der Waals surface area contributed by atoms with Crippen molar-refractivity contribution in [3.05, 3.63) is 0 Å². The predicted octanol–water partition coefficient (Wildman–Crippen LogP) is 2.42. The summed E-state index contributed by atoms with van der Waals surface area (Å²) in [4.78, 5) is 20.9. The maximum atomic E-state index is 11.0. The second kappa shape index (κ2) is 5.98. The number of rotatable bonds is 5. The normalized spacial score (nSPS) is 13.8. The molecule has 0 fully saturated rings. The molecule has 0 N–H and O–H groups in total. The molecule has 0 aromatic heterocycles. The molecule has 14 heavy (non-hydrogen) atoms. The molecular formula is C10H20O4. The molecule has 84 valence electrons. The summed E-state index contributed by atoms with van der Waals surface area (Å²) in [5.41, 5.74) is -0.397. The molecule has 0 aromatic rings. The van der Waals surface area contributed by atoms with Crippen LogP contribution < -0.4 is 0 Å². The number of hydrogen-bond donors (Lipinski definition) is 0. The van der Waals surface area contributed by atoms with Crippen molar-refractivity contribution in [2.45, 2.75) is 59.4 Å².